The lowest BCUT2D eigenvalue weighted by molar-refractivity contribution is 0.0951. The molecule has 1 amide bonds. The highest BCUT2D eigenvalue weighted by Gasteiger charge is 2.05. The van der Waals surface area contributed by atoms with Crippen LogP contribution in [0.4, 0.5) is 0 Å². The van der Waals surface area contributed by atoms with Crippen LogP contribution in [0.2, 0.25) is 0 Å². The monoisotopic (exact) mass is 339 g/mol. The quantitative estimate of drug-likeness (QED) is 0.599. The summed E-state index contributed by atoms with van der Waals surface area (Å²) in [5.41, 5.74) is 2.97. The third-order valence-electron chi connectivity index (χ3n) is 4.21. The van der Waals surface area contributed by atoms with Crippen molar-refractivity contribution in [1.82, 2.24) is 5.32 Å². The number of amides is 1. The van der Waals surface area contributed by atoms with Crippen LogP contribution in [0, 0.1) is 6.92 Å². The molecule has 0 bridgehead atoms. The third-order valence-corrected chi connectivity index (χ3v) is 4.21. The summed E-state index contributed by atoms with van der Waals surface area (Å²) >= 11 is 0. The molecule has 134 valence electrons. The summed E-state index contributed by atoms with van der Waals surface area (Å²) in [4.78, 5) is 12.2. The van der Waals surface area contributed by atoms with Gasteiger partial charge in [0.05, 0.1) is 6.61 Å². The van der Waals surface area contributed by atoms with E-state index in [9.17, 15) is 4.79 Å². The van der Waals surface area contributed by atoms with Crippen LogP contribution in [0.1, 0.15) is 60.5 Å². The maximum Gasteiger partial charge on any atom is 0.251 e. The van der Waals surface area contributed by atoms with Crippen molar-refractivity contribution in [2.45, 2.75) is 52.5 Å². The molecule has 2 aromatic rings. The second kappa shape index (κ2) is 10.5. The molecule has 0 saturated heterocycles. The molecule has 0 aliphatic carbocycles. The Labute approximate surface area is 151 Å². The van der Waals surface area contributed by atoms with Crippen LogP contribution >= 0.6 is 0 Å². The zero-order valence-electron chi connectivity index (χ0n) is 15.4. The largest absolute Gasteiger partial charge is 0.494 e. The Hall–Kier alpha value is -2.29. The van der Waals surface area contributed by atoms with Crippen molar-refractivity contribution in [3.8, 4) is 5.75 Å². The average molecular weight is 339 g/mol. The van der Waals surface area contributed by atoms with Gasteiger partial charge in [0, 0.05) is 12.1 Å². The van der Waals surface area contributed by atoms with Gasteiger partial charge in [-0.05, 0) is 43.2 Å². The van der Waals surface area contributed by atoms with E-state index in [-0.39, 0.29) is 5.91 Å². The van der Waals surface area contributed by atoms with Crippen molar-refractivity contribution in [3.63, 3.8) is 0 Å². The summed E-state index contributed by atoms with van der Waals surface area (Å²) in [7, 11) is 0. The number of hydrogen-bond donors (Lipinski definition) is 1. The Morgan fingerprint density at radius 1 is 0.920 bits per heavy atom. The van der Waals surface area contributed by atoms with Crippen LogP contribution in [-0.2, 0) is 6.54 Å². The van der Waals surface area contributed by atoms with Crippen molar-refractivity contribution in [2.75, 3.05) is 6.61 Å². The van der Waals surface area contributed by atoms with Gasteiger partial charge in [-0.15, -0.1) is 0 Å². The van der Waals surface area contributed by atoms with Gasteiger partial charge in [0.15, 0.2) is 0 Å². The first-order valence-electron chi connectivity index (χ1n) is 9.25. The van der Waals surface area contributed by atoms with E-state index in [1.54, 1.807) is 0 Å². The Bertz CT molecular complexity index is 632. The predicted molar refractivity (Wildman–Crippen MR) is 103 cm³/mol. The molecule has 0 heterocycles. The molecular weight excluding hydrogens is 310 g/mol. The Morgan fingerprint density at radius 2 is 1.60 bits per heavy atom. The van der Waals surface area contributed by atoms with Crippen molar-refractivity contribution in [3.05, 3.63) is 65.2 Å². The molecule has 25 heavy (non-hydrogen) atoms. The third kappa shape index (κ3) is 7.00. The summed E-state index contributed by atoms with van der Waals surface area (Å²) in [5, 5.41) is 2.95. The van der Waals surface area contributed by atoms with E-state index in [0.717, 1.165) is 24.3 Å². The van der Waals surface area contributed by atoms with Crippen LogP contribution in [0.5, 0.6) is 5.75 Å². The van der Waals surface area contributed by atoms with E-state index < -0.39 is 0 Å². The van der Waals surface area contributed by atoms with Crippen LogP contribution in [-0.4, -0.2) is 12.5 Å². The molecule has 0 unspecified atom stereocenters. The highest BCUT2D eigenvalue weighted by molar-refractivity contribution is 5.94. The lowest BCUT2D eigenvalue weighted by Crippen LogP contribution is -2.22. The maximum absolute atomic E-state index is 12.2. The van der Waals surface area contributed by atoms with E-state index in [1.807, 2.05) is 36.4 Å². The first kappa shape index (κ1) is 19.0. The predicted octanol–water partition coefficient (Wildman–Crippen LogP) is 5.27. The van der Waals surface area contributed by atoms with Crippen LogP contribution in [0.3, 0.4) is 0 Å². The summed E-state index contributed by atoms with van der Waals surface area (Å²) < 4.78 is 5.73. The second-order valence-electron chi connectivity index (χ2n) is 6.46. The number of carbonyl (C=O) groups excluding carboxylic acids is 1. The molecule has 2 aromatic carbocycles. The fraction of sp³-hybridized carbons (Fsp3) is 0.409. The molecule has 3 nitrogen and oxygen atoms in total. The first-order valence-corrected chi connectivity index (χ1v) is 9.25. The summed E-state index contributed by atoms with van der Waals surface area (Å²) in [6.07, 6.45) is 6.13. The fourth-order valence-electron chi connectivity index (χ4n) is 2.59. The highest BCUT2D eigenvalue weighted by Crippen LogP contribution is 2.13. The zero-order chi connectivity index (χ0) is 17.9. The molecular formula is C22H29NO2. The summed E-state index contributed by atoms with van der Waals surface area (Å²) in [6.45, 7) is 5.55. The topological polar surface area (TPSA) is 38.3 Å². The second-order valence-corrected chi connectivity index (χ2v) is 6.46. The molecule has 0 spiro atoms. The number of rotatable bonds is 10. The molecule has 0 aromatic heterocycles. The van der Waals surface area contributed by atoms with Crippen LogP contribution in [0.15, 0.2) is 48.5 Å². The van der Waals surface area contributed by atoms with Gasteiger partial charge in [0.25, 0.3) is 5.91 Å². The van der Waals surface area contributed by atoms with E-state index in [0.29, 0.717) is 12.1 Å². The van der Waals surface area contributed by atoms with Gasteiger partial charge in [-0.2, -0.15) is 0 Å². The molecule has 0 radical (unpaired) electrons. The van der Waals surface area contributed by atoms with Gasteiger partial charge in [-0.3, -0.25) is 4.79 Å². The van der Waals surface area contributed by atoms with E-state index in [4.69, 9.17) is 4.74 Å². The molecule has 0 aliphatic heterocycles. The zero-order valence-corrected chi connectivity index (χ0v) is 15.4. The highest BCUT2D eigenvalue weighted by atomic mass is 16.5. The van der Waals surface area contributed by atoms with Crippen LogP contribution < -0.4 is 10.1 Å². The number of unbranched alkanes of at least 4 members (excludes halogenated alkanes) is 4. The summed E-state index contributed by atoms with van der Waals surface area (Å²) in [6, 6.07) is 15.5. The van der Waals surface area contributed by atoms with Gasteiger partial charge in [0.2, 0.25) is 0 Å². The van der Waals surface area contributed by atoms with Gasteiger partial charge in [-0.1, -0.05) is 62.4 Å². The first-order chi connectivity index (χ1) is 12.2. The van der Waals surface area contributed by atoms with Gasteiger partial charge >= 0.3 is 0 Å². The standard InChI is InChI=1S/C22H29NO2/c1-3-4-5-6-7-16-25-21-14-12-20(13-15-21)22(24)23-17-19-10-8-18(2)9-11-19/h8-15H,3-7,16-17H2,1-2H3,(H,23,24). The number of carbonyl (C=O) groups is 1. The molecule has 1 N–H and O–H groups in total. The molecule has 0 saturated carbocycles. The number of benzene rings is 2. The van der Waals surface area contributed by atoms with Crippen molar-refractivity contribution in [1.29, 1.82) is 0 Å². The normalized spacial score (nSPS) is 10.5. The lowest BCUT2D eigenvalue weighted by Gasteiger charge is -2.08. The van der Waals surface area contributed by atoms with Gasteiger partial charge < -0.3 is 10.1 Å². The molecule has 2 rings (SSSR count). The SMILES string of the molecule is CCCCCCCOc1ccc(C(=O)NCc2ccc(C)cc2)cc1. The average Bonchev–Trinajstić information content (AvgIpc) is 2.64. The molecule has 3 heteroatoms. The Morgan fingerprint density at radius 3 is 2.28 bits per heavy atom. The number of aryl methyl sites for hydroxylation is 1. The van der Waals surface area contributed by atoms with E-state index in [2.05, 4.69) is 31.3 Å². The minimum Gasteiger partial charge on any atom is -0.494 e. The van der Waals surface area contributed by atoms with Crippen molar-refractivity contribution in [2.24, 2.45) is 0 Å². The molecule has 0 atom stereocenters. The van der Waals surface area contributed by atoms with Gasteiger partial charge in [-0.25, -0.2) is 0 Å². The minimum absolute atomic E-state index is 0.0632. The number of nitrogens with one attached hydrogen (secondary N) is 1. The van der Waals surface area contributed by atoms with Crippen LogP contribution in [0.25, 0.3) is 0 Å². The smallest absolute Gasteiger partial charge is 0.251 e. The lowest BCUT2D eigenvalue weighted by atomic mass is 10.1. The number of ether oxygens (including phenoxy) is 1. The van der Waals surface area contributed by atoms with E-state index >= 15 is 0 Å². The van der Waals surface area contributed by atoms with Gasteiger partial charge in [0.1, 0.15) is 5.75 Å². The van der Waals surface area contributed by atoms with E-state index in [1.165, 1.54) is 31.2 Å². The van der Waals surface area contributed by atoms with Crippen molar-refractivity contribution < 1.29 is 9.53 Å². The Balaban J connectivity index is 1.73. The number of hydrogen-bond acceptors (Lipinski definition) is 2. The maximum atomic E-state index is 12.2. The van der Waals surface area contributed by atoms with Crippen molar-refractivity contribution >= 4 is 5.91 Å². The molecule has 0 aliphatic rings. The fourth-order valence-corrected chi connectivity index (χ4v) is 2.59. The molecule has 0 fully saturated rings. The summed E-state index contributed by atoms with van der Waals surface area (Å²) in [5.74, 6) is 0.761. The Kier molecular flexibility index (Phi) is 8.03. The minimum atomic E-state index is -0.0632.